The minimum Gasteiger partial charge on any atom is -0.293 e. The smallest absolute Gasteiger partial charge is 0.188 e. The average molecular weight is 306 g/mol. The predicted octanol–water partition coefficient (Wildman–Crippen LogP) is 3.10. The van der Waals surface area contributed by atoms with Crippen LogP contribution in [0.1, 0.15) is 21.5 Å². The quantitative estimate of drug-likeness (QED) is 0.816. The van der Waals surface area contributed by atoms with E-state index in [1.54, 1.807) is 19.1 Å². The van der Waals surface area contributed by atoms with Gasteiger partial charge >= 0.3 is 0 Å². The number of rotatable bonds is 4. The lowest BCUT2D eigenvalue weighted by Crippen LogP contribution is -2.18. The van der Waals surface area contributed by atoms with Crippen LogP contribution in [-0.4, -0.2) is 20.0 Å². The summed E-state index contributed by atoms with van der Waals surface area (Å²) in [5, 5.41) is 0. The number of ketones is 1. The van der Waals surface area contributed by atoms with Crippen LogP contribution in [0, 0.1) is 19.7 Å². The summed E-state index contributed by atoms with van der Waals surface area (Å²) in [5.41, 5.74) is 2.05. The summed E-state index contributed by atoms with van der Waals surface area (Å²) in [5.74, 6) is -2.11. The van der Waals surface area contributed by atoms with Crippen molar-refractivity contribution in [2.45, 2.75) is 18.7 Å². The van der Waals surface area contributed by atoms with E-state index < -0.39 is 32.1 Å². The lowest BCUT2D eigenvalue weighted by Gasteiger charge is -2.08. The van der Waals surface area contributed by atoms with E-state index in [4.69, 9.17) is 0 Å². The van der Waals surface area contributed by atoms with Crippen molar-refractivity contribution < 1.29 is 17.6 Å². The molecule has 0 aliphatic heterocycles. The molecule has 0 unspecified atom stereocenters. The van der Waals surface area contributed by atoms with Crippen LogP contribution in [0.5, 0.6) is 0 Å². The van der Waals surface area contributed by atoms with Gasteiger partial charge in [0.1, 0.15) is 16.5 Å². The highest BCUT2D eigenvalue weighted by Crippen LogP contribution is 2.18. The van der Waals surface area contributed by atoms with E-state index in [1.807, 2.05) is 13.0 Å². The second-order valence-electron chi connectivity index (χ2n) is 4.93. The zero-order valence-electron chi connectivity index (χ0n) is 11.8. The Bertz CT molecular complexity index is 795. The molecule has 21 heavy (non-hydrogen) atoms. The Morgan fingerprint density at radius 1 is 1.10 bits per heavy atom. The first kappa shape index (κ1) is 15.4. The summed E-state index contributed by atoms with van der Waals surface area (Å²) in [7, 11) is -3.99. The number of benzene rings is 2. The summed E-state index contributed by atoms with van der Waals surface area (Å²) in [4.78, 5) is 11.7. The third-order valence-electron chi connectivity index (χ3n) is 3.18. The van der Waals surface area contributed by atoms with Crippen LogP contribution in [0.4, 0.5) is 4.39 Å². The zero-order valence-corrected chi connectivity index (χ0v) is 12.6. The highest BCUT2D eigenvalue weighted by Gasteiger charge is 2.24. The van der Waals surface area contributed by atoms with E-state index in [0.717, 1.165) is 11.6 Å². The van der Waals surface area contributed by atoms with Crippen molar-refractivity contribution in [1.29, 1.82) is 0 Å². The maximum Gasteiger partial charge on any atom is 0.188 e. The maximum absolute atomic E-state index is 13.6. The van der Waals surface area contributed by atoms with Gasteiger partial charge in [-0.2, -0.15) is 0 Å². The lowest BCUT2D eigenvalue weighted by molar-refractivity contribution is 0.102. The van der Waals surface area contributed by atoms with Gasteiger partial charge in [-0.05, 0) is 31.5 Å². The molecule has 0 aliphatic carbocycles. The number of aryl methyl sites for hydroxylation is 2. The highest BCUT2D eigenvalue weighted by atomic mass is 32.2. The molecule has 0 atom stereocenters. The number of halogens is 1. The SMILES string of the molecule is Cc1ccc(C(=O)CS(=O)(=O)c2ccccc2F)c(C)c1. The Labute approximate surface area is 123 Å². The first-order valence-electron chi connectivity index (χ1n) is 6.39. The Balaban J connectivity index is 2.33. The van der Waals surface area contributed by atoms with Gasteiger partial charge in [0, 0.05) is 5.56 Å². The molecule has 0 amide bonds. The normalized spacial score (nSPS) is 11.4. The van der Waals surface area contributed by atoms with E-state index >= 15 is 0 Å². The molecule has 0 aromatic heterocycles. The van der Waals surface area contributed by atoms with Crippen molar-refractivity contribution >= 4 is 15.6 Å². The molecule has 0 spiro atoms. The summed E-state index contributed by atoms with van der Waals surface area (Å²) < 4.78 is 37.9. The Hall–Kier alpha value is -2.01. The van der Waals surface area contributed by atoms with Gasteiger partial charge in [-0.25, -0.2) is 12.8 Å². The van der Waals surface area contributed by atoms with Gasteiger partial charge in [0.05, 0.1) is 0 Å². The van der Waals surface area contributed by atoms with Gasteiger partial charge in [0.25, 0.3) is 0 Å². The number of carbonyl (C=O) groups excluding carboxylic acids is 1. The van der Waals surface area contributed by atoms with Crippen LogP contribution in [0.3, 0.4) is 0 Å². The van der Waals surface area contributed by atoms with Crippen molar-refractivity contribution in [2.24, 2.45) is 0 Å². The third-order valence-corrected chi connectivity index (χ3v) is 4.82. The van der Waals surface area contributed by atoms with E-state index in [2.05, 4.69) is 0 Å². The molecule has 0 heterocycles. The second kappa shape index (κ2) is 5.77. The van der Waals surface area contributed by atoms with Crippen molar-refractivity contribution in [2.75, 3.05) is 5.75 Å². The van der Waals surface area contributed by atoms with Crippen molar-refractivity contribution in [3.05, 3.63) is 65.0 Å². The highest BCUT2D eigenvalue weighted by molar-refractivity contribution is 7.92. The first-order chi connectivity index (χ1) is 9.81. The molecule has 0 bridgehead atoms. The number of carbonyl (C=O) groups is 1. The summed E-state index contributed by atoms with van der Waals surface area (Å²) in [6.07, 6.45) is 0. The third kappa shape index (κ3) is 3.36. The molecule has 0 fully saturated rings. The fourth-order valence-electron chi connectivity index (χ4n) is 2.15. The van der Waals surface area contributed by atoms with E-state index in [1.165, 1.54) is 18.2 Å². The van der Waals surface area contributed by atoms with Crippen LogP contribution >= 0.6 is 0 Å². The molecule has 2 aromatic rings. The standard InChI is InChI=1S/C16H15FO3S/c1-11-7-8-13(12(2)9-11)15(18)10-21(19,20)16-6-4-3-5-14(16)17/h3-9H,10H2,1-2H3. The molecule has 3 nitrogen and oxygen atoms in total. The fraction of sp³-hybridized carbons (Fsp3) is 0.188. The zero-order chi connectivity index (χ0) is 15.6. The monoisotopic (exact) mass is 306 g/mol. The van der Waals surface area contributed by atoms with Gasteiger partial charge in [0.2, 0.25) is 0 Å². The summed E-state index contributed by atoms with van der Waals surface area (Å²) in [6, 6.07) is 10.2. The summed E-state index contributed by atoms with van der Waals surface area (Å²) in [6.45, 7) is 3.63. The van der Waals surface area contributed by atoms with Crippen molar-refractivity contribution in [3.8, 4) is 0 Å². The van der Waals surface area contributed by atoms with Gasteiger partial charge < -0.3 is 0 Å². The molecule has 110 valence electrons. The van der Waals surface area contributed by atoms with Crippen LogP contribution < -0.4 is 0 Å². The minimum atomic E-state index is -3.99. The average Bonchev–Trinajstić information content (AvgIpc) is 2.38. The van der Waals surface area contributed by atoms with E-state index in [0.29, 0.717) is 11.1 Å². The minimum absolute atomic E-state index is 0.348. The van der Waals surface area contributed by atoms with Gasteiger partial charge in [0.15, 0.2) is 15.6 Å². The van der Waals surface area contributed by atoms with Crippen molar-refractivity contribution in [3.63, 3.8) is 0 Å². The number of hydrogen-bond donors (Lipinski definition) is 0. The topological polar surface area (TPSA) is 51.2 Å². The van der Waals surface area contributed by atoms with Crippen LogP contribution in [-0.2, 0) is 9.84 Å². The molecule has 0 aliphatic rings. The second-order valence-corrected chi connectivity index (χ2v) is 6.89. The van der Waals surface area contributed by atoms with Gasteiger partial charge in [-0.1, -0.05) is 35.9 Å². The molecule has 2 rings (SSSR count). The van der Waals surface area contributed by atoms with Crippen molar-refractivity contribution in [1.82, 2.24) is 0 Å². The number of sulfone groups is 1. The fourth-order valence-corrected chi connectivity index (χ4v) is 3.46. The predicted molar refractivity (Wildman–Crippen MR) is 78.7 cm³/mol. The first-order valence-corrected chi connectivity index (χ1v) is 8.04. The van der Waals surface area contributed by atoms with Gasteiger partial charge in [-0.15, -0.1) is 0 Å². The van der Waals surface area contributed by atoms with E-state index in [-0.39, 0.29) is 0 Å². The maximum atomic E-state index is 13.6. The van der Waals surface area contributed by atoms with E-state index in [9.17, 15) is 17.6 Å². The number of hydrogen-bond acceptors (Lipinski definition) is 3. The Morgan fingerprint density at radius 3 is 2.38 bits per heavy atom. The van der Waals surface area contributed by atoms with Crippen LogP contribution in [0.25, 0.3) is 0 Å². The van der Waals surface area contributed by atoms with Crippen LogP contribution in [0.15, 0.2) is 47.4 Å². The Morgan fingerprint density at radius 2 is 1.76 bits per heavy atom. The summed E-state index contributed by atoms with van der Waals surface area (Å²) >= 11 is 0. The van der Waals surface area contributed by atoms with Gasteiger partial charge in [-0.3, -0.25) is 4.79 Å². The molecular weight excluding hydrogens is 291 g/mol. The molecule has 2 aromatic carbocycles. The Kier molecular flexibility index (Phi) is 4.23. The largest absolute Gasteiger partial charge is 0.293 e. The molecule has 0 saturated heterocycles. The van der Waals surface area contributed by atoms with Crippen LogP contribution in [0.2, 0.25) is 0 Å². The molecule has 5 heteroatoms. The molecular formula is C16H15FO3S. The molecule has 0 radical (unpaired) electrons. The number of Topliss-reactive ketones (excluding diaryl/α,β-unsaturated/α-hetero) is 1. The molecule has 0 N–H and O–H groups in total. The molecule has 0 saturated carbocycles. The lowest BCUT2D eigenvalue weighted by atomic mass is 10.0.